The van der Waals surface area contributed by atoms with E-state index in [1.54, 1.807) is 0 Å². The number of carbonyl (C=O) groups excluding carboxylic acids is 1. The summed E-state index contributed by atoms with van der Waals surface area (Å²) in [6.45, 7) is 12.4. The van der Waals surface area contributed by atoms with E-state index in [1.165, 1.54) is 19.3 Å². The third-order valence-corrected chi connectivity index (χ3v) is 6.49. The number of ketones is 1. The van der Waals surface area contributed by atoms with Crippen molar-refractivity contribution in [2.45, 2.75) is 59.9 Å². The predicted molar refractivity (Wildman–Crippen MR) is 118 cm³/mol. The molecule has 0 bridgehead atoms. The lowest BCUT2D eigenvalue weighted by molar-refractivity contribution is 0.0887. The van der Waals surface area contributed by atoms with Crippen LogP contribution in [-0.2, 0) is 0 Å². The molecule has 2 heterocycles. The second kappa shape index (κ2) is 8.97. The molecule has 1 aliphatic rings. The van der Waals surface area contributed by atoms with Gasteiger partial charge in [0.25, 0.3) is 0 Å². The Hall–Kier alpha value is -2.38. The molecule has 4 nitrogen and oxygen atoms in total. The minimum atomic E-state index is 0.201. The summed E-state index contributed by atoms with van der Waals surface area (Å²) in [5, 5.41) is 9.03. The van der Waals surface area contributed by atoms with Gasteiger partial charge >= 0.3 is 0 Å². The van der Waals surface area contributed by atoms with Gasteiger partial charge in [0, 0.05) is 35.2 Å². The van der Waals surface area contributed by atoms with Crippen LogP contribution in [0.15, 0.2) is 30.3 Å². The summed E-state index contributed by atoms with van der Waals surface area (Å²) in [5.74, 6) is 1.59. The van der Waals surface area contributed by atoms with E-state index >= 15 is 0 Å². The average molecular weight is 392 g/mol. The van der Waals surface area contributed by atoms with E-state index in [1.807, 2.05) is 44.2 Å². The highest BCUT2D eigenvalue weighted by Crippen LogP contribution is 2.29. The fourth-order valence-electron chi connectivity index (χ4n) is 4.90. The average Bonchev–Trinajstić information content (AvgIpc) is 2.92. The quantitative estimate of drug-likeness (QED) is 0.650. The number of likely N-dealkylation sites (tertiary alicyclic amines) is 1. The number of nitrogens with zero attached hydrogens (tertiary/aromatic N) is 3. The molecule has 0 amide bonds. The molecule has 0 radical (unpaired) electrons. The van der Waals surface area contributed by atoms with E-state index in [2.05, 4.69) is 36.3 Å². The summed E-state index contributed by atoms with van der Waals surface area (Å²) in [6, 6.07) is 12.1. The van der Waals surface area contributed by atoms with Gasteiger partial charge in [0.2, 0.25) is 0 Å². The fourth-order valence-corrected chi connectivity index (χ4v) is 4.90. The van der Waals surface area contributed by atoms with Gasteiger partial charge in [-0.25, -0.2) is 0 Å². The van der Waals surface area contributed by atoms with Crippen LogP contribution in [0, 0.1) is 37.0 Å². The molecule has 29 heavy (non-hydrogen) atoms. The largest absolute Gasteiger partial charge is 0.318 e. The summed E-state index contributed by atoms with van der Waals surface area (Å²) < 4.78 is 2.11. The first-order valence-corrected chi connectivity index (χ1v) is 10.8. The first-order valence-electron chi connectivity index (χ1n) is 10.8. The number of nitriles is 1. The zero-order valence-corrected chi connectivity index (χ0v) is 18.4. The molecule has 4 heteroatoms. The fraction of sp³-hybridized carbons (Fsp3) is 0.520. The number of aryl methyl sites for hydroxylation is 1. The Labute approximate surface area is 175 Å². The molecule has 0 saturated carbocycles. The van der Waals surface area contributed by atoms with Gasteiger partial charge in [-0.05, 0) is 75.8 Å². The van der Waals surface area contributed by atoms with Crippen LogP contribution in [0.3, 0.4) is 0 Å². The minimum absolute atomic E-state index is 0.201. The highest BCUT2D eigenvalue weighted by molar-refractivity contribution is 5.99. The molecule has 3 rings (SSSR count). The Morgan fingerprint density at radius 2 is 1.86 bits per heavy atom. The van der Waals surface area contributed by atoms with Crippen molar-refractivity contribution in [3.05, 3.63) is 52.8 Å². The topological polar surface area (TPSA) is 49.0 Å². The summed E-state index contributed by atoms with van der Waals surface area (Å²) >= 11 is 0. The molecule has 2 aromatic rings. The SMILES string of the molecule is CCC1CC(C)CN(CC(=O)c2cc(C)n(-c3ccc(C#N)cc3)c2C)C(C)C1. The smallest absolute Gasteiger partial charge is 0.178 e. The van der Waals surface area contributed by atoms with Gasteiger partial charge in [0.15, 0.2) is 5.78 Å². The van der Waals surface area contributed by atoms with Crippen LogP contribution in [0.2, 0.25) is 0 Å². The summed E-state index contributed by atoms with van der Waals surface area (Å²) in [5.41, 5.74) is 4.45. The standard InChI is InChI=1S/C25H33N3O/c1-6-21-11-17(2)15-27(18(3)12-21)16-25(29)24-13-19(4)28(20(24)5)23-9-7-22(14-26)8-10-23/h7-10,13,17-18,21H,6,11-12,15-16H2,1-5H3. The molecule has 1 aromatic carbocycles. The number of aromatic nitrogens is 1. The zero-order chi connectivity index (χ0) is 21.1. The third kappa shape index (κ3) is 4.62. The zero-order valence-electron chi connectivity index (χ0n) is 18.4. The van der Waals surface area contributed by atoms with Crippen molar-refractivity contribution in [1.82, 2.24) is 9.47 Å². The van der Waals surface area contributed by atoms with E-state index in [-0.39, 0.29) is 5.78 Å². The van der Waals surface area contributed by atoms with Crippen LogP contribution in [0.4, 0.5) is 0 Å². The van der Waals surface area contributed by atoms with Crippen molar-refractivity contribution in [3.63, 3.8) is 0 Å². The van der Waals surface area contributed by atoms with Gasteiger partial charge < -0.3 is 4.57 Å². The monoisotopic (exact) mass is 391 g/mol. The van der Waals surface area contributed by atoms with Gasteiger partial charge in [-0.3, -0.25) is 9.69 Å². The van der Waals surface area contributed by atoms with Crippen LogP contribution in [-0.4, -0.2) is 34.4 Å². The Kier molecular flexibility index (Phi) is 6.59. The van der Waals surface area contributed by atoms with Gasteiger partial charge in [0.05, 0.1) is 18.2 Å². The Balaban J connectivity index is 1.82. The Morgan fingerprint density at radius 1 is 1.17 bits per heavy atom. The van der Waals surface area contributed by atoms with E-state index in [0.717, 1.165) is 35.1 Å². The van der Waals surface area contributed by atoms with Crippen molar-refractivity contribution in [3.8, 4) is 11.8 Å². The van der Waals surface area contributed by atoms with Gasteiger partial charge in [-0.2, -0.15) is 5.26 Å². The second-order valence-electron chi connectivity index (χ2n) is 8.83. The highest BCUT2D eigenvalue weighted by Gasteiger charge is 2.28. The van der Waals surface area contributed by atoms with Crippen LogP contribution >= 0.6 is 0 Å². The molecule has 1 aromatic heterocycles. The van der Waals surface area contributed by atoms with Gasteiger partial charge in [-0.15, -0.1) is 0 Å². The minimum Gasteiger partial charge on any atom is -0.318 e. The van der Waals surface area contributed by atoms with Crippen LogP contribution in [0.1, 0.15) is 67.3 Å². The summed E-state index contributed by atoms with van der Waals surface area (Å²) in [7, 11) is 0. The van der Waals surface area contributed by atoms with Crippen molar-refractivity contribution in [1.29, 1.82) is 5.26 Å². The van der Waals surface area contributed by atoms with Crippen molar-refractivity contribution in [2.24, 2.45) is 11.8 Å². The van der Waals surface area contributed by atoms with Gasteiger partial charge in [-0.1, -0.05) is 20.3 Å². The number of carbonyl (C=O) groups is 1. The lowest BCUT2D eigenvalue weighted by atomic mass is 9.91. The molecule has 1 saturated heterocycles. The third-order valence-electron chi connectivity index (χ3n) is 6.49. The molecule has 3 atom stereocenters. The van der Waals surface area contributed by atoms with E-state index in [0.29, 0.717) is 24.1 Å². The first-order chi connectivity index (χ1) is 13.8. The predicted octanol–water partition coefficient (Wildman–Crippen LogP) is 5.30. The number of benzene rings is 1. The van der Waals surface area contributed by atoms with E-state index < -0.39 is 0 Å². The molecular formula is C25H33N3O. The van der Waals surface area contributed by atoms with Gasteiger partial charge in [0.1, 0.15) is 0 Å². The van der Waals surface area contributed by atoms with E-state index in [9.17, 15) is 4.79 Å². The number of hydrogen-bond donors (Lipinski definition) is 0. The van der Waals surface area contributed by atoms with Crippen molar-refractivity contribution < 1.29 is 4.79 Å². The molecule has 154 valence electrons. The number of rotatable bonds is 5. The molecular weight excluding hydrogens is 358 g/mol. The second-order valence-corrected chi connectivity index (χ2v) is 8.83. The Morgan fingerprint density at radius 3 is 2.48 bits per heavy atom. The number of hydrogen-bond acceptors (Lipinski definition) is 3. The molecule has 0 spiro atoms. The lowest BCUT2D eigenvalue weighted by Crippen LogP contribution is -2.38. The molecule has 1 aliphatic heterocycles. The Bertz CT molecular complexity index is 903. The molecule has 0 N–H and O–H groups in total. The molecule has 1 fully saturated rings. The summed E-state index contributed by atoms with van der Waals surface area (Å²) in [4.78, 5) is 15.6. The highest BCUT2D eigenvalue weighted by atomic mass is 16.1. The maximum absolute atomic E-state index is 13.2. The van der Waals surface area contributed by atoms with Crippen molar-refractivity contribution in [2.75, 3.05) is 13.1 Å². The van der Waals surface area contributed by atoms with E-state index in [4.69, 9.17) is 5.26 Å². The normalized spacial score (nSPS) is 22.8. The maximum Gasteiger partial charge on any atom is 0.178 e. The lowest BCUT2D eigenvalue weighted by Gasteiger charge is -2.28. The summed E-state index contributed by atoms with van der Waals surface area (Å²) in [6.07, 6.45) is 3.67. The van der Waals surface area contributed by atoms with Crippen LogP contribution in [0.5, 0.6) is 0 Å². The maximum atomic E-state index is 13.2. The number of Topliss-reactive ketones (excluding diaryl/α,β-unsaturated/α-hetero) is 1. The molecule has 3 unspecified atom stereocenters. The molecule has 0 aliphatic carbocycles. The van der Waals surface area contributed by atoms with Crippen molar-refractivity contribution >= 4 is 5.78 Å². The van der Waals surface area contributed by atoms with Crippen LogP contribution < -0.4 is 0 Å². The van der Waals surface area contributed by atoms with Crippen LogP contribution in [0.25, 0.3) is 5.69 Å². The first kappa shape index (κ1) is 21.3.